The molecular formula is C26H34N2O. The Balaban J connectivity index is 1.34. The Labute approximate surface area is 174 Å². The highest BCUT2D eigenvalue weighted by molar-refractivity contribution is 5.80. The number of rotatable bonds is 1. The second-order valence-electron chi connectivity index (χ2n) is 11.0. The van der Waals surface area contributed by atoms with E-state index in [0.29, 0.717) is 5.41 Å². The first-order valence-corrected chi connectivity index (χ1v) is 11.8. The molecule has 1 heterocycles. The van der Waals surface area contributed by atoms with Crippen molar-refractivity contribution in [3.63, 3.8) is 0 Å². The van der Waals surface area contributed by atoms with Crippen LogP contribution in [-0.2, 0) is 0 Å². The van der Waals surface area contributed by atoms with Crippen molar-refractivity contribution in [3.05, 3.63) is 36.7 Å². The van der Waals surface area contributed by atoms with Crippen LogP contribution in [0.2, 0.25) is 0 Å². The zero-order valence-corrected chi connectivity index (χ0v) is 17.8. The first kappa shape index (κ1) is 18.2. The van der Waals surface area contributed by atoms with Gasteiger partial charge in [0, 0.05) is 11.1 Å². The fraction of sp³-hybridized carbons (Fsp3) is 0.654. The van der Waals surface area contributed by atoms with Crippen LogP contribution in [0.4, 0.5) is 0 Å². The van der Waals surface area contributed by atoms with E-state index in [2.05, 4.69) is 60.1 Å². The molecule has 29 heavy (non-hydrogen) atoms. The van der Waals surface area contributed by atoms with E-state index >= 15 is 0 Å². The molecule has 3 fully saturated rings. The number of aliphatic hydroxyl groups is 1. The maximum atomic E-state index is 10.3. The Hall–Kier alpha value is -1.61. The second kappa shape index (κ2) is 6.20. The monoisotopic (exact) mass is 390 g/mol. The van der Waals surface area contributed by atoms with Crippen LogP contribution >= 0.6 is 0 Å². The average Bonchev–Trinajstić information content (AvgIpc) is 3.29. The Morgan fingerprint density at radius 3 is 2.79 bits per heavy atom. The number of fused-ring (bicyclic) bond motifs is 6. The molecule has 6 rings (SSSR count). The van der Waals surface area contributed by atoms with Gasteiger partial charge in [-0.1, -0.05) is 32.1 Å². The van der Waals surface area contributed by atoms with Crippen molar-refractivity contribution in [2.24, 2.45) is 34.5 Å². The number of nitrogens with zero attached hydrogens (tertiary/aromatic N) is 2. The molecule has 4 aliphatic carbocycles. The van der Waals surface area contributed by atoms with Crippen molar-refractivity contribution in [3.8, 4) is 0 Å². The van der Waals surface area contributed by atoms with Crippen molar-refractivity contribution in [2.45, 2.75) is 71.3 Å². The molecule has 0 radical (unpaired) electrons. The van der Waals surface area contributed by atoms with Gasteiger partial charge in [-0.25, -0.2) is 4.98 Å². The van der Waals surface area contributed by atoms with Crippen LogP contribution in [0.1, 0.15) is 65.2 Å². The molecule has 154 valence electrons. The molecule has 3 nitrogen and oxygen atoms in total. The first-order valence-electron chi connectivity index (χ1n) is 11.8. The van der Waals surface area contributed by atoms with Crippen molar-refractivity contribution < 1.29 is 5.11 Å². The number of aromatic nitrogens is 2. The van der Waals surface area contributed by atoms with E-state index in [4.69, 9.17) is 0 Å². The minimum absolute atomic E-state index is 0.0484. The highest BCUT2D eigenvalue weighted by Gasteiger charge is 2.58. The fourth-order valence-electron chi connectivity index (χ4n) is 8.30. The Kier molecular flexibility index (Phi) is 3.89. The van der Waals surface area contributed by atoms with Crippen LogP contribution in [0.15, 0.2) is 36.7 Å². The second-order valence-corrected chi connectivity index (χ2v) is 11.0. The van der Waals surface area contributed by atoms with Gasteiger partial charge in [0.2, 0.25) is 0 Å². The van der Waals surface area contributed by atoms with E-state index in [1.807, 2.05) is 0 Å². The van der Waals surface area contributed by atoms with Crippen LogP contribution in [-0.4, -0.2) is 20.8 Å². The summed E-state index contributed by atoms with van der Waals surface area (Å²) in [5.41, 5.74) is 4.57. The average molecular weight is 391 g/mol. The minimum Gasteiger partial charge on any atom is -0.393 e. The van der Waals surface area contributed by atoms with E-state index in [1.165, 1.54) is 49.7 Å². The third kappa shape index (κ3) is 2.43. The van der Waals surface area contributed by atoms with E-state index in [0.717, 1.165) is 42.0 Å². The quantitative estimate of drug-likeness (QED) is 0.659. The fourth-order valence-corrected chi connectivity index (χ4v) is 8.30. The number of hydrogen-bond donors (Lipinski definition) is 1. The molecule has 0 saturated heterocycles. The maximum absolute atomic E-state index is 10.3. The van der Waals surface area contributed by atoms with E-state index in [1.54, 1.807) is 0 Å². The summed E-state index contributed by atoms with van der Waals surface area (Å²) in [5, 5.41) is 10.3. The van der Waals surface area contributed by atoms with Crippen LogP contribution in [0.25, 0.3) is 16.7 Å². The van der Waals surface area contributed by atoms with Crippen molar-refractivity contribution in [2.75, 3.05) is 0 Å². The molecular weight excluding hydrogens is 356 g/mol. The van der Waals surface area contributed by atoms with Gasteiger partial charge in [-0.05, 0) is 92.6 Å². The van der Waals surface area contributed by atoms with Gasteiger partial charge in [-0.2, -0.15) is 0 Å². The number of imidazole rings is 1. The summed E-state index contributed by atoms with van der Waals surface area (Å²) in [6.45, 7) is 5.12. The summed E-state index contributed by atoms with van der Waals surface area (Å²) >= 11 is 0. The lowest BCUT2D eigenvalue weighted by atomic mass is 9.45. The summed E-state index contributed by atoms with van der Waals surface area (Å²) in [4.78, 5) is 4.68. The third-order valence-electron chi connectivity index (χ3n) is 9.89. The van der Waals surface area contributed by atoms with E-state index in [-0.39, 0.29) is 11.5 Å². The molecule has 4 aliphatic rings. The number of aliphatic hydroxyl groups excluding tert-OH is 1. The lowest BCUT2D eigenvalue weighted by Gasteiger charge is -2.60. The summed E-state index contributed by atoms with van der Waals surface area (Å²) in [7, 11) is 0. The molecule has 0 bridgehead atoms. The van der Waals surface area contributed by atoms with Crippen molar-refractivity contribution >= 4 is 16.7 Å². The van der Waals surface area contributed by atoms with E-state index < -0.39 is 0 Å². The molecule has 7 atom stereocenters. The lowest BCUT2D eigenvalue weighted by molar-refractivity contribution is -0.115. The molecule has 0 aliphatic heterocycles. The van der Waals surface area contributed by atoms with Crippen molar-refractivity contribution in [1.82, 2.24) is 9.55 Å². The number of allylic oxidation sites excluding steroid dienone is 2. The summed E-state index contributed by atoms with van der Waals surface area (Å²) in [5.74, 6) is 3.19. The Bertz CT molecular complexity index is 976. The SMILES string of the molecule is C[C@]12CC[C@H](O)C[C@@H]1CC[C@@H]1[C@@H]2CC[C@]2(C)C(n3cnc4ccccc43)=CC[C@@H]12. The predicted octanol–water partition coefficient (Wildman–Crippen LogP) is 5.89. The van der Waals surface area contributed by atoms with Crippen molar-refractivity contribution in [1.29, 1.82) is 0 Å². The third-order valence-corrected chi connectivity index (χ3v) is 9.89. The summed E-state index contributed by atoms with van der Waals surface area (Å²) in [6.07, 6.45) is 14.4. The molecule has 1 aromatic heterocycles. The Morgan fingerprint density at radius 2 is 1.90 bits per heavy atom. The topological polar surface area (TPSA) is 38.0 Å². The maximum Gasteiger partial charge on any atom is 0.100 e. The molecule has 1 aromatic carbocycles. The van der Waals surface area contributed by atoms with Gasteiger partial charge < -0.3 is 9.67 Å². The smallest absolute Gasteiger partial charge is 0.100 e. The number of benzene rings is 1. The molecule has 0 amide bonds. The van der Waals surface area contributed by atoms with Crippen LogP contribution in [0.5, 0.6) is 0 Å². The van der Waals surface area contributed by atoms with Gasteiger partial charge in [-0.3, -0.25) is 0 Å². The molecule has 3 heteroatoms. The highest BCUT2D eigenvalue weighted by Crippen LogP contribution is 2.67. The molecule has 0 unspecified atom stereocenters. The highest BCUT2D eigenvalue weighted by atomic mass is 16.3. The van der Waals surface area contributed by atoms with Crippen LogP contribution in [0.3, 0.4) is 0 Å². The molecule has 2 aromatic rings. The largest absolute Gasteiger partial charge is 0.393 e. The van der Waals surface area contributed by atoms with Gasteiger partial charge in [0.05, 0.1) is 17.1 Å². The van der Waals surface area contributed by atoms with Gasteiger partial charge in [0.25, 0.3) is 0 Å². The van der Waals surface area contributed by atoms with Gasteiger partial charge in [0.1, 0.15) is 6.33 Å². The molecule has 0 spiro atoms. The predicted molar refractivity (Wildman–Crippen MR) is 117 cm³/mol. The molecule has 1 N–H and O–H groups in total. The first-order chi connectivity index (χ1) is 14.0. The minimum atomic E-state index is -0.0484. The Morgan fingerprint density at radius 1 is 1.03 bits per heavy atom. The summed E-state index contributed by atoms with van der Waals surface area (Å²) in [6, 6.07) is 8.55. The zero-order valence-electron chi connectivity index (χ0n) is 17.8. The van der Waals surface area contributed by atoms with Crippen LogP contribution in [0, 0.1) is 34.5 Å². The van der Waals surface area contributed by atoms with Crippen LogP contribution < -0.4 is 0 Å². The zero-order chi connectivity index (χ0) is 19.8. The number of para-hydroxylation sites is 2. The van der Waals surface area contributed by atoms with E-state index in [9.17, 15) is 5.11 Å². The van der Waals surface area contributed by atoms with Gasteiger partial charge in [0.15, 0.2) is 0 Å². The normalized spacial score (nSPS) is 44.1. The van der Waals surface area contributed by atoms with Gasteiger partial charge in [-0.15, -0.1) is 0 Å². The summed E-state index contributed by atoms with van der Waals surface area (Å²) < 4.78 is 2.39. The lowest BCUT2D eigenvalue weighted by Crippen LogP contribution is -2.53. The van der Waals surface area contributed by atoms with Gasteiger partial charge >= 0.3 is 0 Å². The number of hydrogen-bond acceptors (Lipinski definition) is 2. The molecule has 3 saturated carbocycles. The standard InChI is InChI=1S/C26H34N2O/c1-25-13-11-18(29)15-17(25)7-8-19-20-9-10-24(26(20,2)14-12-21(19)25)28-16-27-22-5-3-4-6-23(22)28/h3-6,10,16-21,29H,7-9,11-15H2,1-2H3/t17-,18-,19-,20-,21-,25-,26-/m0/s1.